The van der Waals surface area contributed by atoms with Crippen LogP contribution in [-0.2, 0) is 32.6 Å². The fourth-order valence-corrected chi connectivity index (χ4v) is 6.78. The second-order valence-electron chi connectivity index (χ2n) is 12.1. The first kappa shape index (κ1) is 34.4. The van der Waals surface area contributed by atoms with Crippen molar-refractivity contribution in [2.24, 2.45) is 0 Å². The molecule has 4 aromatic rings. The number of nitrogens with one attached hydrogen (secondary N) is 1. The molecule has 4 aromatic carbocycles. The molecule has 0 saturated carbocycles. The van der Waals surface area contributed by atoms with E-state index in [4.69, 9.17) is 0 Å². The van der Waals surface area contributed by atoms with Gasteiger partial charge in [-0.15, -0.1) is 0 Å². The van der Waals surface area contributed by atoms with Crippen molar-refractivity contribution in [3.8, 4) is 0 Å². The number of benzene rings is 4. The first-order chi connectivity index (χ1) is 21.9. The maximum absolute atomic E-state index is 14.7. The molecule has 1 N–H and O–H groups in total. The van der Waals surface area contributed by atoms with Crippen LogP contribution in [0.1, 0.15) is 53.6 Å². The summed E-state index contributed by atoms with van der Waals surface area (Å²) in [6.07, 6.45) is 1.000. The second-order valence-corrected chi connectivity index (χ2v) is 13.9. The molecule has 4 rings (SSSR count). The van der Waals surface area contributed by atoms with Crippen molar-refractivity contribution in [2.45, 2.75) is 77.9 Å². The molecular formula is C38H45N3O4S. The topological polar surface area (TPSA) is 86.8 Å². The van der Waals surface area contributed by atoms with Crippen molar-refractivity contribution >= 4 is 27.5 Å². The first-order valence-electron chi connectivity index (χ1n) is 15.8. The van der Waals surface area contributed by atoms with Crippen LogP contribution in [-0.4, -0.2) is 43.8 Å². The monoisotopic (exact) mass is 639 g/mol. The van der Waals surface area contributed by atoms with E-state index in [0.717, 1.165) is 39.8 Å². The highest BCUT2D eigenvalue weighted by molar-refractivity contribution is 7.92. The van der Waals surface area contributed by atoms with Crippen LogP contribution in [0, 0.1) is 27.7 Å². The molecule has 46 heavy (non-hydrogen) atoms. The Balaban J connectivity index is 1.85. The molecule has 2 atom stereocenters. The van der Waals surface area contributed by atoms with Gasteiger partial charge in [0.1, 0.15) is 12.6 Å². The summed E-state index contributed by atoms with van der Waals surface area (Å²) in [5, 5.41) is 3.08. The number of hydrogen-bond donors (Lipinski definition) is 1. The number of hydrogen-bond acceptors (Lipinski definition) is 4. The summed E-state index contributed by atoms with van der Waals surface area (Å²) < 4.78 is 29.9. The SMILES string of the molecule is CC[C@@H](C)NC(=O)[C@H](Cc1ccccc1)N(Cc1ccccc1C)C(=O)CN(c1cc(C)ccc1C)S(=O)(=O)c1ccc(C)cc1. The van der Waals surface area contributed by atoms with E-state index < -0.39 is 28.5 Å². The van der Waals surface area contributed by atoms with Crippen LogP contribution in [0.15, 0.2) is 102 Å². The average molecular weight is 640 g/mol. The third kappa shape index (κ3) is 8.43. The zero-order valence-electron chi connectivity index (χ0n) is 27.7. The Morgan fingerprint density at radius 1 is 0.783 bits per heavy atom. The highest BCUT2D eigenvalue weighted by Gasteiger charge is 2.35. The van der Waals surface area contributed by atoms with E-state index in [1.54, 1.807) is 35.2 Å². The van der Waals surface area contributed by atoms with E-state index >= 15 is 0 Å². The van der Waals surface area contributed by atoms with Crippen LogP contribution in [0.2, 0.25) is 0 Å². The van der Waals surface area contributed by atoms with Gasteiger partial charge in [-0.1, -0.05) is 91.3 Å². The van der Waals surface area contributed by atoms with Gasteiger partial charge in [0.05, 0.1) is 10.6 Å². The number of amides is 2. The number of carbonyl (C=O) groups excluding carboxylic acids is 2. The third-order valence-electron chi connectivity index (χ3n) is 8.40. The third-order valence-corrected chi connectivity index (χ3v) is 10.2. The summed E-state index contributed by atoms with van der Waals surface area (Å²) in [7, 11) is -4.16. The molecule has 242 valence electrons. The van der Waals surface area contributed by atoms with Gasteiger partial charge in [-0.2, -0.15) is 0 Å². The standard InChI is InChI=1S/C38H45N3O4S/c1-7-31(6)39-38(43)36(24-32-14-9-8-10-15-32)40(25-33-16-12-11-13-29(33)4)37(42)26-41(35-23-28(3)17-20-30(35)5)46(44,45)34-21-18-27(2)19-22-34/h8-23,31,36H,7,24-26H2,1-6H3,(H,39,43)/t31-,36+/m1/s1. The molecule has 0 heterocycles. The number of anilines is 1. The lowest BCUT2D eigenvalue weighted by Gasteiger charge is -2.35. The van der Waals surface area contributed by atoms with Gasteiger partial charge in [0.15, 0.2) is 0 Å². The molecule has 0 aliphatic rings. The molecule has 0 aliphatic carbocycles. The van der Waals surface area contributed by atoms with E-state index in [2.05, 4.69) is 5.32 Å². The summed E-state index contributed by atoms with van der Waals surface area (Å²) >= 11 is 0. The van der Waals surface area contributed by atoms with Crippen molar-refractivity contribution in [1.29, 1.82) is 0 Å². The van der Waals surface area contributed by atoms with E-state index in [1.165, 1.54) is 4.31 Å². The molecule has 0 fully saturated rings. The molecular weight excluding hydrogens is 595 g/mol. The maximum atomic E-state index is 14.7. The predicted octanol–water partition coefficient (Wildman–Crippen LogP) is 6.67. The van der Waals surface area contributed by atoms with Crippen molar-refractivity contribution in [3.05, 3.63) is 130 Å². The van der Waals surface area contributed by atoms with E-state index in [9.17, 15) is 18.0 Å². The van der Waals surface area contributed by atoms with Crippen LogP contribution in [0.5, 0.6) is 0 Å². The molecule has 0 radical (unpaired) electrons. The summed E-state index contributed by atoms with van der Waals surface area (Å²) in [6, 6.07) is 28.5. The fraction of sp³-hybridized carbons (Fsp3) is 0.316. The van der Waals surface area contributed by atoms with Gasteiger partial charge < -0.3 is 10.2 Å². The van der Waals surface area contributed by atoms with Crippen LogP contribution in [0.4, 0.5) is 5.69 Å². The Morgan fingerprint density at radius 2 is 1.41 bits per heavy atom. The van der Waals surface area contributed by atoms with Crippen molar-refractivity contribution < 1.29 is 18.0 Å². The van der Waals surface area contributed by atoms with Crippen molar-refractivity contribution in [1.82, 2.24) is 10.2 Å². The molecule has 8 heteroatoms. The molecule has 0 bridgehead atoms. The summed E-state index contributed by atoms with van der Waals surface area (Å²) in [5.74, 6) is -0.750. The Kier molecular flexibility index (Phi) is 11.4. The molecule has 7 nitrogen and oxygen atoms in total. The highest BCUT2D eigenvalue weighted by atomic mass is 32.2. The van der Waals surface area contributed by atoms with Gasteiger partial charge in [-0.25, -0.2) is 8.42 Å². The normalized spacial score (nSPS) is 12.7. The Labute approximate surface area is 274 Å². The molecule has 0 aromatic heterocycles. The lowest BCUT2D eigenvalue weighted by molar-refractivity contribution is -0.140. The number of carbonyl (C=O) groups is 2. The zero-order chi connectivity index (χ0) is 33.4. The van der Waals surface area contributed by atoms with Gasteiger partial charge in [0.2, 0.25) is 11.8 Å². The minimum absolute atomic E-state index is 0.0904. The van der Waals surface area contributed by atoms with Crippen LogP contribution in [0.25, 0.3) is 0 Å². The van der Waals surface area contributed by atoms with Crippen LogP contribution in [0.3, 0.4) is 0 Å². The lowest BCUT2D eigenvalue weighted by Crippen LogP contribution is -2.54. The smallest absolute Gasteiger partial charge is 0.264 e. The number of nitrogens with zero attached hydrogens (tertiary/aromatic N) is 2. The van der Waals surface area contributed by atoms with Gasteiger partial charge in [0.25, 0.3) is 10.0 Å². The van der Waals surface area contributed by atoms with E-state index in [0.29, 0.717) is 5.69 Å². The summed E-state index contributed by atoms with van der Waals surface area (Å²) in [6.45, 7) is 11.2. The van der Waals surface area contributed by atoms with Gasteiger partial charge in [-0.05, 0) is 87.1 Å². The van der Waals surface area contributed by atoms with Crippen molar-refractivity contribution in [3.63, 3.8) is 0 Å². The molecule has 2 amide bonds. The second kappa shape index (κ2) is 15.2. The number of rotatable bonds is 13. The predicted molar refractivity (Wildman–Crippen MR) is 185 cm³/mol. The van der Waals surface area contributed by atoms with Gasteiger partial charge in [-0.3, -0.25) is 13.9 Å². The van der Waals surface area contributed by atoms with E-state index in [-0.39, 0.29) is 29.8 Å². The lowest BCUT2D eigenvalue weighted by atomic mass is 10.0. The Morgan fingerprint density at radius 3 is 2.07 bits per heavy atom. The minimum atomic E-state index is -4.16. The molecule has 0 aliphatic heterocycles. The Bertz CT molecular complexity index is 1750. The quantitative estimate of drug-likeness (QED) is 0.177. The van der Waals surface area contributed by atoms with Gasteiger partial charge in [0, 0.05) is 19.0 Å². The minimum Gasteiger partial charge on any atom is -0.352 e. The van der Waals surface area contributed by atoms with E-state index in [1.807, 2.05) is 108 Å². The summed E-state index contributed by atoms with van der Waals surface area (Å²) in [4.78, 5) is 30.3. The molecule has 0 spiro atoms. The first-order valence-corrected chi connectivity index (χ1v) is 17.2. The summed E-state index contributed by atoms with van der Waals surface area (Å²) in [5.41, 5.74) is 5.68. The highest BCUT2D eigenvalue weighted by Crippen LogP contribution is 2.29. The van der Waals surface area contributed by atoms with Crippen LogP contribution < -0.4 is 9.62 Å². The van der Waals surface area contributed by atoms with Crippen molar-refractivity contribution in [2.75, 3.05) is 10.8 Å². The van der Waals surface area contributed by atoms with Crippen LogP contribution >= 0.6 is 0 Å². The Hall–Kier alpha value is -4.43. The molecule has 0 unspecified atom stereocenters. The van der Waals surface area contributed by atoms with Gasteiger partial charge >= 0.3 is 0 Å². The number of aryl methyl sites for hydroxylation is 4. The maximum Gasteiger partial charge on any atom is 0.264 e. The number of sulfonamides is 1. The average Bonchev–Trinajstić information content (AvgIpc) is 3.04. The largest absolute Gasteiger partial charge is 0.352 e. The zero-order valence-corrected chi connectivity index (χ0v) is 28.5. The fourth-order valence-electron chi connectivity index (χ4n) is 5.30. The molecule has 0 saturated heterocycles.